The lowest BCUT2D eigenvalue weighted by Gasteiger charge is -2.03. The van der Waals surface area contributed by atoms with E-state index in [0.29, 0.717) is 16.6 Å². The van der Waals surface area contributed by atoms with E-state index in [9.17, 15) is 4.21 Å². The number of rotatable bonds is 3. The first kappa shape index (κ1) is 11.9. The summed E-state index contributed by atoms with van der Waals surface area (Å²) < 4.78 is 12.3. The number of nitrogens with one attached hydrogen (secondary N) is 1. The number of hydrogen-bond donors (Lipinski definition) is 2. The molecule has 3 rings (SSSR count). The van der Waals surface area contributed by atoms with Gasteiger partial charge in [0.2, 0.25) is 0 Å². The molecular weight excluding hydrogens is 258 g/mol. The Kier molecular flexibility index (Phi) is 3.05. The second-order valence-electron chi connectivity index (χ2n) is 4.25. The number of para-hydroxylation sites is 3. The molecule has 0 spiro atoms. The minimum Gasteiger partial charge on any atom is -0.398 e. The second kappa shape index (κ2) is 4.85. The molecule has 1 atom stereocenters. The summed E-state index contributed by atoms with van der Waals surface area (Å²) in [4.78, 5) is 7.42. The predicted octanol–water partition coefficient (Wildman–Crippen LogP) is 2.45. The topological polar surface area (TPSA) is 71.8 Å². The fourth-order valence-electron chi connectivity index (χ4n) is 1.91. The van der Waals surface area contributed by atoms with Gasteiger partial charge in [-0.2, -0.15) is 0 Å². The zero-order valence-electron chi connectivity index (χ0n) is 10.2. The van der Waals surface area contributed by atoms with Crippen molar-refractivity contribution in [1.82, 2.24) is 9.97 Å². The first-order valence-corrected chi connectivity index (χ1v) is 7.22. The minimum absolute atomic E-state index is 0.368. The number of hydrogen-bond acceptors (Lipinski definition) is 3. The average molecular weight is 271 g/mol. The van der Waals surface area contributed by atoms with Gasteiger partial charge < -0.3 is 10.7 Å². The van der Waals surface area contributed by atoms with Gasteiger partial charge in [0.1, 0.15) is 0 Å². The molecular formula is C14H13N3OS. The van der Waals surface area contributed by atoms with Crippen LogP contribution in [0, 0.1) is 0 Å². The van der Waals surface area contributed by atoms with E-state index >= 15 is 0 Å². The Morgan fingerprint density at radius 3 is 2.63 bits per heavy atom. The molecule has 0 saturated heterocycles. The molecule has 19 heavy (non-hydrogen) atoms. The SMILES string of the molecule is Nc1ccccc1C[S@](=O)c1nc2ccccc2[nH]1. The molecule has 3 aromatic rings. The number of H-pyrrole nitrogens is 1. The van der Waals surface area contributed by atoms with Crippen LogP contribution in [0.2, 0.25) is 0 Å². The van der Waals surface area contributed by atoms with Gasteiger partial charge in [0, 0.05) is 5.69 Å². The largest absolute Gasteiger partial charge is 0.398 e. The smallest absolute Gasteiger partial charge is 0.197 e. The van der Waals surface area contributed by atoms with Gasteiger partial charge in [-0.3, -0.25) is 4.21 Å². The highest BCUT2D eigenvalue weighted by molar-refractivity contribution is 7.84. The van der Waals surface area contributed by atoms with Crippen LogP contribution in [0.25, 0.3) is 11.0 Å². The molecule has 4 nitrogen and oxygen atoms in total. The van der Waals surface area contributed by atoms with E-state index in [-0.39, 0.29) is 0 Å². The Bertz CT molecular complexity index is 718. The number of anilines is 1. The van der Waals surface area contributed by atoms with E-state index in [1.807, 2.05) is 48.5 Å². The van der Waals surface area contributed by atoms with E-state index in [4.69, 9.17) is 5.73 Å². The lowest BCUT2D eigenvalue weighted by molar-refractivity contribution is 0.677. The highest BCUT2D eigenvalue weighted by Gasteiger charge is 2.11. The lowest BCUT2D eigenvalue weighted by Crippen LogP contribution is -2.01. The number of nitrogens with zero attached hydrogens (tertiary/aromatic N) is 1. The third kappa shape index (κ3) is 2.37. The molecule has 1 heterocycles. The zero-order valence-corrected chi connectivity index (χ0v) is 11.0. The summed E-state index contributed by atoms with van der Waals surface area (Å²) in [6.07, 6.45) is 0. The third-order valence-electron chi connectivity index (χ3n) is 2.92. The van der Waals surface area contributed by atoms with Crippen LogP contribution in [0.3, 0.4) is 0 Å². The Hall–Kier alpha value is -2.14. The molecule has 96 valence electrons. The van der Waals surface area contributed by atoms with Crippen molar-refractivity contribution < 1.29 is 4.21 Å². The molecule has 3 N–H and O–H groups in total. The number of imidazole rings is 1. The summed E-state index contributed by atoms with van der Waals surface area (Å²) in [7, 11) is -1.22. The normalized spacial score (nSPS) is 12.6. The van der Waals surface area contributed by atoms with Crippen LogP contribution in [0.1, 0.15) is 5.56 Å². The maximum Gasteiger partial charge on any atom is 0.197 e. The Balaban J connectivity index is 1.90. The summed E-state index contributed by atoms with van der Waals surface area (Å²) >= 11 is 0. The molecule has 2 aromatic carbocycles. The molecule has 0 radical (unpaired) electrons. The summed E-state index contributed by atoms with van der Waals surface area (Å²) in [6.45, 7) is 0. The Morgan fingerprint density at radius 1 is 1.11 bits per heavy atom. The molecule has 0 aliphatic rings. The van der Waals surface area contributed by atoms with Crippen LogP contribution < -0.4 is 5.73 Å². The quantitative estimate of drug-likeness (QED) is 0.719. The average Bonchev–Trinajstić information content (AvgIpc) is 2.85. The van der Waals surface area contributed by atoms with Crippen LogP contribution in [0.15, 0.2) is 53.7 Å². The van der Waals surface area contributed by atoms with E-state index in [2.05, 4.69) is 9.97 Å². The third-order valence-corrected chi connectivity index (χ3v) is 4.12. The van der Waals surface area contributed by atoms with E-state index in [1.165, 1.54) is 0 Å². The molecule has 0 unspecified atom stereocenters. The minimum atomic E-state index is -1.22. The van der Waals surface area contributed by atoms with Gasteiger partial charge in [-0.05, 0) is 23.8 Å². The monoisotopic (exact) mass is 271 g/mol. The van der Waals surface area contributed by atoms with E-state index in [0.717, 1.165) is 16.6 Å². The second-order valence-corrected chi connectivity index (χ2v) is 5.61. The molecule has 0 bridgehead atoms. The highest BCUT2D eigenvalue weighted by atomic mass is 32.2. The van der Waals surface area contributed by atoms with Gasteiger partial charge in [0.05, 0.1) is 27.6 Å². The van der Waals surface area contributed by atoms with Crippen molar-refractivity contribution in [2.24, 2.45) is 0 Å². The number of fused-ring (bicyclic) bond motifs is 1. The van der Waals surface area contributed by atoms with E-state index in [1.54, 1.807) is 0 Å². The van der Waals surface area contributed by atoms with Crippen LogP contribution in [-0.2, 0) is 16.6 Å². The number of aromatic amines is 1. The maximum absolute atomic E-state index is 12.3. The summed E-state index contributed by atoms with van der Waals surface area (Å²) in [6, 6.07) is 15.1. The molecule has 0 aliphatic carbocycles. The fourth-order valence-corrected chi connectivity index (χ4v) is 3.02. The van der Waals surface area contributed by atoms with Gasteiger partial charge >= 0.3 is 0 Å². The molecule has 0 amide bonds. The highest BCUT2D eigenvalue weighted by Crippen LogP contribution is 2.18. The van der Waals surface area contributed by atoms with Crippen molar-refractivity contribution in [3.8, 4) is 0 Å². The fraction of sp³-hybridized carbons (Fsp3) is 0.0714. The predicted molar refractivity (Wildman–Crippen MR) is 77.1 cm³/mol. The number of aromatic nitrogens is 2. The van der Waals surface area contributed by atoms with Crippen molar-refractivity contribution >= 4 is 27.5 Å². The van der Waals surface area contributed by atoms with Crippen molar-refractivity contribution in [2.45, 2.75) is 10.9 Å². The zero-order chi connectivity index (χ0) is 13.2. The molecule has 5 heteroatoms. The van der Waals surface area contributed by atoms with Crippen LogP contribution >= 0.6 is 0 Å². The summed E-state index contributed by atoms with van der Waals surface area (Å²) in [5.74, 6) is 0.368. The lowest BCUT2D eigenvalue weighted by atomic mass is 10.2. The van der Waals surface area contributed by atoms with Gasteiger partial charge in [-0.15, -0.1) is 0 Å². The van der Waals surface area contributed by atoms with Crippen LogP contribution in [0.4, 0.5) is 5.69 Å². The first-order valence-electron chi connectivity index (χ1n) is 5.90. The van der Waals surface area contributed by atoms with E-state index < -0.39 is 10.8 Å². The molecule has 0 fully saturated rings. The molecule has 0 saturated carbocycles. The Morgan fingerprint density at radius 2 is 1.84 bits per heavy atom. The summed E-state index contributed by atoms with van der Waals surface area (Å²) in [5, 5.41) is 0.490. The van der Waals surface area contributed by atoms with Crippen molar-refractivity contribution in [3.05, 3.63) is 54.1 Å². The van der Waals surface area contributed by atoms with Gasteiger partial charge in [-0.1, -0.05) is 30.3 Å². The number of nitrogens with two attached hydrogens (primary N) is 1. The van der Waals surface area contributed by atoms with Gasteiger partial charge in [0.25, 0.3) is 0 Å². The summed E-state index contributed by atoms with van der Waals surface area (Å²) in [5.41, 5.74) is 9.11. The van der Waals surface area contributed by atoms with Crippen LogP contribution in [-0.4, -0.2) is 14.2 Å². The van der Waals surface area contributed by atoms with Crippen molar-refractivity contribution in [3.63, 3.8) is 0 Å². The Labute approximate surface area is 113 Å². The molecule has 0 aliphatic heterocycles. The van der Waals surface area contributed by atoms with Gasteiger partial charge in [0.15, 0.2) is 5.16 Å². The van der Waals surface area contributed by atoms with Crippen molar-refractivity contribution in [1.29, 1.82) is 0 Å². The van der Waals surface area contributed by atoms with Crippen LogP contribution in [0.5, 0.6) is 0 Å². The van der Waals surface area contributed by atoms with Gasteiger partial charge in [-0.25, -0.2) is 4.98 Å². The number of nitrogen functional groups attached to an aromatic ring is 1. The first-order chi connectivity index (χ1) is 9.24. The molecule has 1 aromatic heterocycles. The maximum atomic E-state index is 12.3. The standard InChI is InChI=1S/C14H13N3OS/c15-11-6-2-1-5-10(11)9-19(18)14-16-12-7-3-4-8-13(12)17-14/h1-8H,9,15H2,(H,16,17)/t19-/m0/s1. The number of benzene rings is 2. The van der Waals surface area contributed by atoms with Crippen molar-refractivity contribution in [2.75, 3.05) is 5.73 Å².